The smallest absolute Gasteiger partial charge is 0.325 e. The lowest BCUT2D eigenvalue weighted by Gasteiger charge is -2.19. The van der Waals surface area contributed by atoms with Gasteiger partial charge in [-0.2, -0.15) is 0 Å². The van der Waals surface area contributed by atoms with Gasteiger partial charge in [-0.15, -0.1) is 5.10 Å². The van der Waals surface area contributed by atoms with Crippen LogP contribution < -0.4 is 11.0 Å². The summed E-state index contributed by atoms with van der Waals surface area (Å²) in [4.78, 5) is 24.5. The number of aromatic amines is 1. The number of amides is 1. The maximum atomic E-state index is 12.6. The Hall–Kier alpha value is -2.02. The average Bonchev–Trinajstić information content (AvgIpc) is 3.29. The van der Waals surface area contributed by atoms with Crippen LogP contribution in [0.1, 0.15) is 32.7 Å². The van der Waals surface area contributed by atoms with Crippen LogP contribution in [0.15, 0.2) is 40.3 Å². The second kappa shape index (κ2) is 6.62. The van der Waals surface area contributed by atoms with Gasteiger partial charge in [-0.3, -0.25) is 9.36 Å². The SMILES string of the molecule is CC(C)[C@@H](Sc1n[nH]c(=O)n1C1CC1)C(=O)Nc1ccccc1. The molecule has 2 N–H and O–H groups in total. The van der Waals surface area contributed by atoms with Gasteiger partial charge in [-0.05, 0) is 30.9 Å². The Kier molecular flexibility index (Phi) is 4.56. The van der Waals surface area contributed by atoms with Crippen molar-refractivity contribution in [1.82, 2.24) is 14.8 Å². The molecule has 6 nitrogen and oxygen atoms in total. The first-order chi connectivity index (χ1) is 11.1. The zero-order valence-corrected chi connectivity index (χ0v) is 14.0. The summed E-state index contributed by atoms with van der Waals surface area (Å²) < 4.78 is 1.68. The van der Waals surface area contributed by atoms with Crippen LogP contribution >= 0.6 is 11.8 Å². The summed E-state index contributed by atoms with van der Waals surface area (Å²) in [6.45, 7) is 3.99. The number of anilines is 1. The molecule has 1 aromatic carbocycles. The van der Waals surface area contributed by atoms with E-state index >= 15 is 0 Å². The minimum Gasteiger partial charge on any atom is -0.325 e. The van der Waals surface area contributed by atoms with Crippen LogP contribution in [0.2, 0.25) is 0 Å². The molecule has 0 radical (unpaired) electrons. The van der Waals surface area contributed by atoms with Crippen LogP contribution in [0.4, 0.5) is 5.69 Å². The topological polar surface area (TPSA) is 79.8 Å². The van der Waals surface area contributed by atoms with E-state index in [9.17, 15) is 9.59 Å². The van der Waals surface area contributed by atoms with Crippen molar-refractivity contribution in [2.24, 2.45) is 5.92 Å². The van der Waals surface area contributed by atoms with Gasteiger partial charge in [-0.1, -0.05) is 43.8 Å². The van der Waals surface area contributed by atoms with Gasteiger partial charge in [0.15, 0.2) is 5.16 Å². The van der Waals surface area contributed by atoms with Crippen LogP contribution in [-0.4, -0.2) is 25.9 Å². The van der Waals surface area contributed by atoms with Crippen molar-refractivity contribution in [1.29, 1.82) is 0 Å². The quantitative estimate of drug-likeness (QED) is 0.797. The zero-order chi connectivity index (χ0) is 16.4. The summed E-state index contributed by atoms with van der Waals surface area (Å²) in [6.07, 6.45) is 1.99. The fourth-order valence-corrected chi connectivity index (χ4v) is 3.48. The number of carbonyl (C=O) groups is 1. The number of hydrogen-bond acceptors (Lipinski definition) is 4. The molecule has 1 atom stereocenters. The second-order valence-corrected chi connectivity index (χ2v) is 7.16. The summed E-state index contributed by atoms with van der Waals surface area (Å²) in [5, 5.41) is 9.80. The van der Waals surface area contributed by atoms with Crippen molar-refractivity contribution in [2.75, 3.05) is 5.32 Å². The van der Waals surface area contributed by atoms with Gasteiger partial charge in [0.25, 0.3) is 0 Å². The van der Waals surface area contributed by atoms with Gasteiger partial charge in [0.05, 0.1) is 5.25 Å². The van der Waals surface area contributed by atoms with E-state index in [0.717, 1.165) is 18.5 Å². The molecule has 1 fully saturated rings. The molecule has 0 bridgehead atoms. The second-order valence-electron chi connectivity index (χ2n) is 6.05. The van der Waals surface area contributed by atoms with Gasteiger partial charge in [0.1, 0.15) is 0 Å². The molecule has 0 spiro atoms. The molecule has 2 aromatic rings. The first kappa shape index (κ1) is 15.9. The Morgan fingerprint density at radius 2 is 2.04 bits per heavy atom. The standard InChI is InChI=1S/C16H20N4O2S/c1-10(2)13(14(21)17-11-6-4-3-5-7-11)23-16-19-18-15(22)20(16)12-8-9-12/h3-7,10,12-13H,8-9H2,1-2H3,(H,17,21)(H,18,22)/t13-/m1/s1. The van der Waals surface area contributed by atoms with Gasteiger partial charge in [0.2, 0.25) is 5.91 Å². The molecule has 122 valence electrons. The highest BCUT2D eigenvalue weighted by Gasteiger charge is 2.32. The minimum atomic E-state index is -0.317. The number of benzene rings is 1. The van der Waals surface area contributed by atoms with Gasteiger partial charge >= 0.3 is 5.69 Å². The van der Waals surface area contributed by atoms with Crippen molar-refractivity contribution in [3.05, 3.63) is 40.8 Å². The lowest BCUT2D eigenvalue weighted by Crippen LogP contribution is -2.30. The van der Waals surface area contributed by atoms with Gasteiger partial charge < -0.3 is 5.32 Å². The third-order valence-electron chi connectivity index (χ3n) is 3.72. The summed E-state index contributed by atoms with van der Waals surface area (Å²) in [6, 6.07) is 9.61. The summed E-state index contributed by atoms with van der Waals surface area (Å²) in [5.74, 6) is 0.0390. The molecule has 1 aliphatic carbocycles. The van der Waals surface area contributed by atoms with Gasteiger partial charge in [-0.25, -0.2) is 9.89 Å². The third kappa shape index (κ3) is 3.67. The van der Waals surface area contributed by atoms with E-state index in [1.54, 1.807) is 4.57 Å². The maximum absolute atomic E-state index is 12.6. The number of rotatable bonds is 6. The molecule has 1 saturated carbocycles. The van der Waals surface area contributed by atoms with E-state index in [2.05, 4.69) is 15.5 Å². The van der Waals surface area contributed by atoms with Crippen molar-refractivity contribution < 1.29 is 4.79 Å². The van der Waals surface area contributed by atoms with Crippen molar-refractivity contribution in [2.45, 2.75) is 43.1 Å². The van der Waals surface area contributed by atoms with E-state index in [1.807, 2.05) is 44.2 Å². The fourth-order valence-electron chi connectivity index (χ4n) is 2.37. The van der Waals surface area contributed by atoms with E-state index in [-0.39, 0.29) is 28.8 Å². The molecule has 0 aliphatic heterocycles. The normalized spacial score (nSPS) is 15.6. The van der Waals surface area contributed by atoms with E-state index in [4.69, 9.17) is 0 Å². The maximum Gasteiger partial charge on any atom is 0.344 e. The number of nitrogens with zero attached hydrogens (tertiary/aromatic N) is 2. The highest BCUT2D eigenvalue weighted by atomic mass is 32.2. The first-order valence-corrected chi connectivity index (χ1v) is 8.63. The highest BCUT2D eigenvalue weighted by Crippen LogP contribution is 2.37. The molecule has 1 amide bonds. The van der Waals surface area contributed by atoms with Crippen LogP contribution in [0, 0.1) is 5.92 Å². The predicted molar refractivity (Wildman–Crippen MR) is 90.7 cm³/mol. The fraction of sp³-hybridized carbons (Fsp3) is 0.438. The predicted octanol–water partition coefficient (Wildman–Crippen LogP) is 2.66. The number of aromatic nitrogens is 3. The molecule has 0 saturated heterocycles. The molecule has 0 unspecified atom stereocenters. The molecule has 23 heavy (non-hydrogen) atoms. The third-order valence-corrected chi connectivity index (χ3v) is 5.23. The monoisotopic (exact) mass is 332 g/mol. The molecule has 3 rings (SSSR count). The van der Waals surface area contributed by atoms with E-state index < -0.39 is 0 Å². The lowest BCUT2D eigenvalue weighted by atomic mass is 10.1. The molecular weight excluding hydrogens is 312 g/mol. The van der Waals surface area contributed by atoms with Crippen molar-refractivity contribution in [3.8, 4) is 0 Å². The Morgan fingerprint density at radius 3 is 2.65 bits per heavy atom. The number of carbonyl (C=O) groups excluding carboxylic acids is 1. The largest absolute Gasteiger partial charge is 0.344 e. The number of para-hydroxylation sites is 1. The summed E-state index contributed by atoms with van der Waals surface area (Å²) >= 11 is 1.35. The van der Waals surface area contributed by atoms with E-state index in [1.165, 1.54) is 11.8 Å². The van der Waals surface area contributed by atoms with Gasteiger partial charge in [0, 0.05) is 11.7 Å². The van der Waals surface area contributed by atoms with Crippen molar-refractivity contribution in [3.63, 3.8) is 0 Å². The van der Waals surface area contributed by atoms with Crippen molar-refractivity contribution >= 4 is 23.4 Å². The molecule has 1 aliphatic rings. The zero-order valence-electron chi connectivity index (χ0n) is 13.2. The number of hydrogen-bond donors (Lipinski definition) is 2. The summed E-state index contributed by atoms with van der Waals surface area (Å²) in [7, 11) is 0. The van der Waals surface area contributed by atoms with E-state index in [0.29, 0.717) is 5.16 Å². The molecular formula is C16H20N4O2S. The minimum absolute atomic E-state index is 0.0750. The summed E-state index contributed by atoms with van der Waals surface area (Å²) in [5.41, 5.74) is 0.575. The molecule has 1 aromatic heterocycles. The lowest BCUT2D eigenvalue weighted by molar-refractivity contribution is -0.116. The Morgan fingerprint density at radius 1 is 1.35 bits per heavy atom. The molecule has 7 heteroatoms. The van der Waals surface area contributed by atoms with Crippen LogP contribution in [0.3, 0.4) is 0 Å². The number of H-pyrrole nitrogens is 1. The average molecular weight is 332 g/mol. The Bertz CT molecular complexity index is 734. The Labute approximate surface area is 138 Å². The van der Waals surface area contributed by atoms with Crippen LogP contribution in [0.25, 0.3) is 0 Å². The first-order valence-electron chi connectivity index (χ1n) is 7.75. The Balaban J connectivity index is 1.77. The number of thioether (sulfide) groups is 1. The number of nitrogens with one attached hydrogen (secondary N) is 2. The molecule has 1 heterocycles. The highest BCUT2D eigenvalue weighted by molar-refractivity contribution is 8.00. The van der Waals surface area contributed by atoms with Crippen LogP contribution in [0.5, 0.6) is 0 Å². The van der Waals surface area contributed by atoms with Crippen LogP contribution in [-0.2, 0) is 4.79 Å².